The van der Waals surface area contributed by atoms with Gasteiger partial charge in [-0.3, -0.25) is 0 Å². The Morgan fingerprint density at radius 3 is 3.00 bits per heavy atom. The Morgan fingerprint density at radius 1 is 1.47 bits per heavy atom. The first kappa shape index (κ1) is 10.2. The fourth-order valence-corrected chi connectivity index (χ4v) is 2.16. The van der Waals surface area contributed by atoms with E-state index in [1.807, 2.05) is 24.3 Å². The fourth-order valence-electron chi connectivity index (χ4n) is 2.16. The monoisotopic (exact) mass is 204 g/mol. The molecule has 0 spiro atoms. The third-order valence-electron chi connectivity index (χ3n) is 2.90. The van der Waals surface area contributed by atoms with Crippen LogP contribution in [-0.2, 0) is 4.79 Å². The Balaban J connectivity index is 2.25. The van der Waals surface area contributed by atoms with Gasteiger partial charge in [-0.1, -0.05) is 31.5 Å². The summed E-state index contributed by atoms with van der Waals surface area (Å²) >= 11 is 0. The predicted octanol–water partition coefficient (Wildman–Crippen LogP) is 2.92. The van der Waals surface area contributed by atoms with Gasteiger partial charge in [0.15, 0.2) is 0 Å². The summed E-state index contributed by atoms with van der Waals surface area (Å²) in [6.07, 6.45) is 4.20. The zero-order valence-corrected chi connectivity index (χ0v) is 8.98. The van der Waals surface area contributed by atoms with E-state index in [0.29, 0.717) is 0 Å². The van der Waals surface area contributed by atoms with Crippen molar-refractivity contribution in [2.24, 2.45) is 0 Å². The number of carbonyl (C=O) groups is 1. The number of rotatable bonds is 3. The van der Waals surface area contributed by atoms with Gasteiger partial charge in [-0.05, 0) is 18.9 Å². The summed E-state index contributed by atoms with van der Waals surface area (Å²) in [4.78, 5) is 11.0. The van der Waals surface area contributed by atoms with Crippen molar-refractivity contribution in [3.05, 3.63) is 29.8 Å². The molecule has 2 heteroatoms. The molecule has 1 aliphatic heterocycles. The average molecular weight is 204 g/mol. The van der Waals surface area contributed by atoms with Crippen LogP contribution in [0.1, 0.15) is 37.7 Å². The van der Waals surface area contributed by atoms with Crippen LogP contribution >= 0.6 is 0 Å². The molecule has 2 unspecified atom stereocenters. The predicted molar refractivity (Wildman–Crippen MR) is 59.2 cm³/mol. The largest absolute Gasteiger partial charge is 0.490 e. The third kappa shape index (κ3) is 2.04. The van der Waals surface area contributed by atoms with Crippen LogP contribution in [0.25, 0.3) is 0 Å². The third-order valence-corrected chi connectivity index (χ3v) is 2.90. The van der Waals surface area contributed by atoms with Gasteiger partial charge in [0.25, 0.3) is 0 Å². The van der Waals surface area contributed by atoms with Crippen molar-refractivity contribution in [2.45, 2.75) is 38.2 Å². The topological polar surface area (TPSA) is 26.3 Å². The Morgan fingerprint density at radius 2 is 2.27 bits per heavy atom. The number of benzene rings is 1. The Bertz CT molecular complexity index is 346. The van der Waals surface area contributed by atoms with Crippen molar-refractivity contribution in [3.63, 3.8) is 0 Å². The zero-order valence-electron chi connectivity index (χ0n) is 8.98. The van der Waals surface area contributed by atoms with Crippen molar-refractivity contribution < 1.29 is 9.53 Å². The highest BCUT2D eigenvalue weighted by molar-refractivity contribution is 5.65. The van der Waals surface area contributed by atoms with Crippen LogP contribution < -0.4 is 4.74 Å². The van der Waals surface area contributed by atoms with Crippen LogP contribution in [0.15, 0.2) is 24.3 Å². The second kappa shape index (κ2) is 4.47. The summed E-state index contributed by atoms with van der Waals surface area (Å²) in [6.45, 7) is 2.14. The summed E-state index contributed by atoms with van der Waals surface area (Å²) in [5.41, 5.74) is 1.04. The lowest BCUT2D eigenvalue weighted by atomic mass is 9.90. The maximum absolute atomic E-state index is 11.0. The molecule has 2 nitrogen and oxygen atoms in total. The quantitative estimate of drug-likeness (QED) is 0.707. The van der Waals surface area contributed by atoms with Gasteiger partial charge in [0.05, 0.1) is 6.10 Å². The summed E-state index contributed by atoms with van der Waals surface area (Å²) in [6, 6.07) is 7.85. The van der Waals surface area contributed by atoms with Crippen molar-refractivity contribution in [3.8, 4) is 5.75 Å². The van der Waals surface area contributed by atoms with Crippen LogP contribution in [0, 0.1) is 0 Å². The molecule has 0 saturated carbocycles. The van der Waals surface area contributed by atoms with E-state index in [-0.39, 0.29) is 12.0 Å². The number of ether oxygens (including phenoxy) is 1. The minimum atomic E-state index is 0.0199. The standard InChI is InChI=1S/C13H16O2/c1-2-5-11-8-10(9-14)12-6-3-4-7-13(12)15-11/h3-4,6-7,9-11H,2,5,8H2,1H3. The molecule has 80 valence electrons. The van der Waals surface area contributed by atoms with Crippen molar-refractivity contribution >= 4 is 6.29 Å². The first-order valence-corrected chi connectivity index (χ1v) is 5.56. The summed E-state index contributed by atoms with van der Waals surface area (Å²) < 4.78 is 5.85. The second-order valence-corrected chi connectivity index (χ2v) is 4.04. The number of carbonyl (C=O) groups excluding carboxylic acids is 1. The molecule has 2 atom stereocenters. The number of hydrogen-bond acceptors (Lipinski definition) is 2. The fraction of sp³-hybridized carbons (Fsp3) is 0.462. The lowest BCUT2D eigenvalue weighted by Gasteiger charge is -2.29. The van der Waals surface area contributed by atoms with Gasteiger partial charge in [-0.15, -0.1) is 0 Å². The molecular formula is C13H16O2. The van der Waals surface area contributed by atoms with E-state index in [2.05, 4.69) is 6.92 Å². The van der Waals surface area contributed by atoms with Gasteiger partial charge in [0, 0.05) is 11.5 Å². The normalized spacial score (nSPS) is 24.1. The van der Waals surface area contributed by atoms with Gasteiger partial charge in [0.1, 0.15) is 12.0 Å². The van der Waals surface area contributed by atoms with E-state index in [1.165, 1.54) is 0 Å². The first-order valence-electron chi connectivity index (χ1n) is 5.56. The molecule has 0 aliphatic carbocycles. The number of para-hydroxylation sites is 1. The number of fused-ring (bicyclic) bond motifs is 1. The molecule has 2 rings (SSSR count). The van der Waals surface area contributed by atoms with Crippen LogP contribution in [0.2, 0.25) is 0 Å². The molecule has 0 N–H and O–H groups in total. The van der Waals surface area contributed by atoms with Crippen LogP contribution in [0.4, 0.5) is 0 Å². The lowest BCUT2D eigenvalue weighted by molar-refractivity contribution is -0.110. The molecule has 0 radical (unpaired) electrons. The van der Waals surface area contributed by atoms with E-state index < -0.39 is 0 Å². The molecule has 0 saturated heterocycles. The molecule has 0 amide bonds. The van der Waals surface area contributed by atoms with Crippen molar-refractivity contribution in [1.29, 1.82) is 0 Å². The molecule has 0 bridgehead atoms. The molecule has 0 fully saturated rings. The van der Waals surface area contributed by atoms with E-state index in [9.17, 15) is 4.79 Å². The summed E-state index contributed by atoms with van der Waals surface area (Å²) in [5.74, 6) is 0.908. The molecule has 1 aliphatic rings. The van der Waals surface area contributed by atoms with Crippen LogP contribution in [0.5, 0.6) is 5.75 Å². The highest BCUT2D eigenvalue weighted by Gasteiger charge is 2.26. The smallest absolute Gasteiger partial charge is 0.127 e. The summed E-state index contributed by atoms with van der Waals surface area (Å²) in [7, 11) is 0. The highest BCUT2D eigenvalue weighted by Crippen LogP contribution is 2.35. The van der Waals surface area contributed by atoms with Crippen LogP contribution in [0.3, 0.4) is 0 Å². The van der Waals surface area contributed by atoms with Gasteiger partial charge >= 0.3 is 0 Å². The second-order valence-electron chi connectivity index (χ2n) is 4.04. The first-order chi connectivity index (χ1) is 7.35. The van der Waals surface area contributed by atoms with Gasteiger partial charge in [-0.25, -0.2) is 0 Å². The molecule has 1 heterocycles. The molecule has 1 aromatic rings. The number of hydrogen-bond donors (Lipinski definition) is 0. The summed E-state index contributed by atoms with van der Waals surface area (Å²) in [5, 5.41) is 0. The highest BCUT2D eigenvalue weighted by atomic mass is 16.5. The Hall–Kier alpha value is -1.31. The van der Waals surface area contributed by atoms with E-state index in [4.69, 9.17) is 4.74 Å². The SMILES string of the molecule is CCCC1CC(C=O)c2ccccc2O1. The van der Waals surface area contributed by atoms with Gasteiger partial charge in [0.2, 0.25) is 0 Å². The minimum Gasteiger partial charge on any atom is -0.490 e. The Labute approximate surface area is 90.3 Å². The van der Waals surface area contributed by atoms with Crippen molar-refractivity contribution in [1.82, 2.24) is 0 Å². The maximum Gasteiger partial charge on any atom is 0.127 e. The van der Waals surface area contributed by atoms with E-state index in [1.54, 1.807) is 0 Å². The minimum absolute atomic E-state index is 0.0199. The molecule has 1 aromatic carbocycles. The molecule has 15 heavy (non-hydrogen) atoms. The molecular weight excluding hydrogens is 188 g/mol. The van der Waals surface area contributed by atoms with E-state index >= 15 is 0 Å². The lowest BCUT2D eigenvalue weighted by Crippen LogP contribution is -2.26. The van der Waals surface area contributed by atoms with Crippen LogP contribution in [-0.4, -0.2) is 12.4 Å². The van der Waals surface area contributed by atoms with E-state index in [0.717, 1.165) is 36.9 Å². The molecule has 0 aromatic heterocycles. The maximum atomic E-state index is 11.0. The zero-order chi connectivity index (χ0) is 10.7. The average Bonchev–Trinajstić information content (AvgIpc) is 2.28. The Kier molecular flexibility index (Phi) is 3.05. The van der Waals surface area contributed by atoms with Gasteiger partial charge < -0.3 is 9.53 Å². The van der Waals surface area contributed by atoms with Gasteiger partial charge in [-0.2, -0.15) is 0 Å². The van der Waals surface area contributed by atoms with Crippen molar-refractivity contribution in [2.75, 3.05) is 0 Å². The number of aldehydes is 1.